The fourth-order valence-corrected chi connectivity index (χ4v) is 3.79. The lowest BCUT2D eigenvalue weighted by molar-refractivity contribution is 0.110. The van der Waals surface area contributed by atoms with Crippen molar-refractivity contribution in [3.05, 3.63) is 35.4 Å². The van der Waals surface area contributed by atoms with Gasteiger partial charge in [-0.25, -0.2) is 4.79 Å². The highest BCUT2D eigenvalue weighted by Crippen LogP contribution is 2.31. The summed E-state index contributed by atoms with van der Waals surface area (Å²) in [5.74, 6) is 0. The lowest BCUT2D eigenvalue weighted by Crippen LogP contribution is -2.49. The number of piperidine rings is 1. The fraction of sp³-hybridized carbons (Fsp3) is 0.632. The van der Waals surface area contributed by atoms with Crippen molar-refractivity contribution in [1.82, 2.24) is 10.2 Å². The third kappa shape index (κ3) is 4.05. The maximum Gasteiger partial charge on any atom is 0.318 e. The molecular weight excluding hydrogens is 288 g/mol. The highest BCUT2D eigenvalue weighted by atomic mass is 16.3. The third-order valence-corrected chi connectivity index (χ3v) is 5.25. The average molecular weight is 316 g/mol. The van der Waals surface area contributed by atoms with Crippen molar-refractivity contribution in [2.45, 2.75) is 70.1 Å². The number of aliphatic hydroxyl groups is 1. The van der Waals surface area contributed by atoms with Gasteiger partial charge in [0.2, 0.25) is 0 Å². The molecule has 1 aromatic carbocycles. The van der Waals surface area contributed by atoms with Crippen LogP contribution in [0.25, 0.3) is 0 Å². The van der Waals surface area contributed by atoms with Crippen LogP contribution in [0.1, 0.15) is 62.1 Å². The number of aryl methyl sites for hydroxylation is 1. The maximum absolute atomic E-state index is 12.8. The van der Waals surface area contributed by atoms with Crippen LogP contribution < -0.4 is 5.32 Å². The van der Waals surface area contributed by atoms with Gasteiger partial charge in [0.15, 0.2) is 0 Å². The molecule has 2 amide bonds. The SMILES string of the molecule is Cc1ccc(C2CCCCN2C(=O)NC2CCC(O)CC2)cc1. The van der Waals surface area contributed by atoms with Crippen molar-refractivity contribution in [2.24, 2.45) is 0 Å². The topological polar surface area (TPSA) is 52.6 Å². The molecule has 2 N–H and O–H groups in total. The van der Waals surface area contributed by atoms with E-state index in [4.69, 9.17) is 0 Å². The van der Waals surface area contributed by atoms with Crippen LogP contribution in [0.15, 0.2) is 24.3 Å². The normalized spacial score (nSPS) is 28.4. The minimum absolute atomic E-state index is 0.0664. The predicted octanol–water partition coefficient (Wildman–Crippen LogP) is 3.54. The third-order valence-electron chi connectivity index (χ3n) is 5.25. The Kier molecular flexibility index (Phi) is 5.21. The number of benzene rings is 1. The van der Waals surface area contributed by atoms with Gasteiger partial charge in [-0.1, -0.05) is 29.8 Å². The van der Waals surface area contributed by atoms with E-state index in [1.807, 2.05) is 4.90 Å². The smallest absolute Gasteiger partial charge is 0.318 e. The number of nitrogens with one attached hydrogen (secondary N) is 1. The second kappa shape index (κ2) is 7.35. The average Bonchev–Trinajstić information content (AvgIpc) is 2.58. The van der Waals surface area contributed by atoms with E-state index in [0.717, 1.165) is 45.1 Å². The molecular formula is C19H28N2O2. The first-order valence-corrected chi connectivity index (χ1v) is 8.95. The largest absolute Gasteiger partial charge is 0.393 e. The minimum Gasteiger partial charge on any atom is -0.393 e. The molecule has 1 atom stereocenters. The maximum atomic E-state index is 12.8. The number of nitrogens with zero attached hydrogens (tertiary/aromatic N) is 1. The van der Waals surface area contributed by atoms with Crippen molar-refractivity contribution in [1.29, 1.82) is 0 Å². The lowest BCUT2D eigenvalue weighted by Gasteiger charge is -2.38. The van der Waals surface area contributed by atoms with E-state index in [0.29, 0.717) is 0 Å². The van der Waals surface area contributed by atoms with Gasteiger partial charge in [-0.2, -0.15) is 0 Å². The highest BCUT2D eigenvalue weighted by Gasteiger charge is 2.30. The van der Waals surface area contributed by atoms with Crippen LogP contribution in [0.5, 0.6) is 0 Å². The number of carbonyl (C=O) groups is 1. The molecule has 1 saturated carbocycles. The van der Waals surface area contributed by atoms with Crippen molar-refractivity contribution in [3.8, 4) is 0 Å². The molecule has 2 fully saturated rings. The fourth-order valence-electron chi connectivity index (χ4n) is 3.79. The van der Waals surface area contributed by atoms with E-state index < -0.39 is 0 Å². The summed E-state index contributed by atoms with van der Waals surface area (Å²) in [5.41, 5.74) is 2.49. The zero-order valence-electron chi connectivity index (χ0n) is 14.0. The second-order valence-corrected chi connectivity index (χ2v) is 7.07. The van der Waals surface area contributed by atoms with Gasteiger partial charge < -0.3 is 15.3 Å². The Hall–Kier alpha value is -1.55. The zero-order chi connectivity index (χ0) is 16.2. The van der Waals surface area contributed by atoms with Gasteiger partial charge in [-0.05, 0) is 57.4 Å². The molecule has 23 heavy (non-hydrogen) atoms. The summed E-state index contributed by atoms with van der Waals surface area (Å²) < 4.78 is 0. The quantitative estimate of drug-likeness (QED) is 0.877. The molecule has 1 aromatic rings. The number of carbonyl (C=O) groups excluding carboxylic acids is 1. The number of hydrogen-bond acceptors (Lipinski definition) is 2. The van der Waals surface area contributed by atoms with E-state index in [2.05, 4.69) is 36.5 Å². The molecule has 4 nitrogen and oxygen atoms in total. The van der Waals surface area contributed by atoms with Gasteiger partial charge >= 0.3 is 6.03 Å². The highest BCUT2D eigenvalue weighted by molar-refractivity contribution is 5.75. The van der Waals surface area contributed by atoms with Gasteiger partial charge in [0.05, 0.1) is 12.1 Å². The van der Waals surface area contributed by atoms with Crippen LogP contribution in [-0.2, 0) is 0 Å². The van der Waals surface area contributed by atoms with Crippen LogP contribution >= 0.6 is 0 Å². The number of hydrogen-bond donors (Lipinski definition) is 2. The Morgan fingerprint density at radius 1 is 1.09 bits per heavy atom. The summed E-state index contributed by atoms with van der Waals surface area (Å²) in [5, 5.41) is 12.8. The van der Waals surface area contributed by atoms with Crippen molar-refractivity contribution in [2.75, 3.05) is 6.54 Å². The molecule has 1 saturated heterocycles. The van der Waals surface area contributed by atoms with Crippen LogP contribution in [0.4, 0.5) is 4.79 Å². The summed E-state index contributed by atoms with van der Waals surface area (Å²) in [4.78, 5) is 14.8. The van der Waals surface area contributed by atoms with E-state index >= 15 is 0 Å². The molecule has 4 heteroatoms. The van der Waals surface area contributed by atoms with E-state index in [1.54, 1.807) is 0 Å². The van der Waals surface area contributed by atoms with Crippen LogP contribution in [0.2, 0.25) is 0 Å². The van der Waals surface area contributed by atoms with Crippen LogP contribution in [0, 0.1) is 6.92 Å². The molecule has 0 aromatic heterocycles. The summed E-state index contributed by atoms with van der Waals surface area (Å²) in [6.45, 7) is 2.92. The van der Waals surface area contributed by atoms with Crippen molar-refractivity contribution in [3.63, 3.8) is 0 Å². The molecule has 126 valence electrons. The molecule has 2 aliphatic rings. The van der Waals surface area contributed by atoms with Gasteiger partial charge in [-0.3, -0.25) is 0 Å². The number of aliphatic hydroxyl groups excluding tert-OH is 1. The van der Waals surface area contributed by atoms with Gasteiger partial charge in [0, 0.05) is 12.6 Å². The first-order valence-electron chi connectivity index (χ1n) is 8.95. The molecule has 1 aliphatic carbocycles. The van der Waals surface area contributed by atoms with Crippen LogP contribution in [0.3, 0.4) is 0 Å². The van der Waals surface area contributed by atoms with Gasteiger partial charge in [-0.15, -0.1) is 0 Å². The van der Waals surface area contributed by atoms with Crippen molar-refractivity contribution >= 4 is 6.03 Å². The Morgan fingerprint density at radius 2 is 1.78 bits per heavy atom. The van der Waals surface area contributed by atoms with Crippen molar-refractivity contribution < 1.29 is 9.90 Å². The Labute approximate surface area is 138 Å². The molecule has 1 aliphatic heterocycles. The zero-order valence-corrected chi connectivity index (χ0v) is 14.0. The number of likely N-dealkylation sites (tertiary alicyclic amines) is 1. The molecule has 0 bridgehead atoms. The summed E-state index contributed by atoms with van der Waals surface area (Å²) in [7, 11) is 0. The monoisotopic (exact) mass is 316 g/mol. The van der Waals surface area contributed by atoms with Crippen LogP contribution in [-0.4, -0.2) is 34.7 Å². The molecule has 1 unspecified atom stereocenters. The Morgan fingerprint density at radius 3 is 2.48 bits per heavy atom. The second-order valence-electron chi connectivity index (χ2n) is 7.07. The van der Waals surface area contributed by atoms with E-state index in [-0.39, 0.29) is 24.2 Å². The molecule has 1 heterocycles. The lowest BCUT2D eigenvalue weighted by atomic mass is 9.93. The first kappa shape index (κ1) is 16.3. The number of urea groups is 1. The Balaban J connectivity index is 1.65. The molecule has 0 radical (unpaired) electrons. The molecule has 0 spiro atoms. The van der Waals surface area contributed by atoms with E-state index in [9.17, 15) is 9.90 Å². The number of rotatable bonds is 2. The van der Waals surface area contributed by atoms with E-state index in [1.165, 1.54) is 17.5 Å². The predicted molar refractivity (Wildman–Crippen MR) is 91.3 cm³/mol. The Bertz CT molecular complexity index is 521. The molecule has 3 rings (SSSR count). The van der Waals surface area contributed by atoms with Gasteiger partial charge in [0.25, 0.3) is 0 Å². The standard InChI is InChI=1S/C19H28N2O2/c1-14-5-7-15(8-6-14)18-4-2-3-13-21(18)19(23)20-16-9-11-17(22)12-10-16/h5-8,16-18,22H,2-4,9-13H2,1H3,(H,20,23). The first-order chi connectivity index (χ1) is 11.1. The number of amides is 2. The van der Waals surface area contributed by atoms with Gasteiger partial charge in [0.1, 0.15) is 0 Å². The summed E-state index contributed by atoms with van der Waals surface area (Å²) >= 11 is 0. The summed E-state index contributed by atoms with van der Waals surface area (Å²) in [6, 6.07) is 9.04. The minimum atomic E-state index is -0.182. The summed E-state index contributed by atoms with van der Waals surface area (Å²) in [6.07, 6.45) is 6.49.